The zero-order chi connectivity index (χ0) is 13.4. The Morgan fingerprint density at radius 3 is 2.28 bits per heavy atom. The van der Waals surface area contributed by atoms with Gasteiger partial charge in [-0.3, -0.25) is 14.6 Å². The van der Waals surface area contributed by atoms with Crippen molar-refractivity contribution in [1.29, 1.82) is 0 Å². The van der Waals surface area contributed by atoms with E-state index in [1.165, 1.54) is 0 Å². The maximum absolute atomic E-state index is 10.9. The predicted molar refractivity (Wildman–Crippen MR) is 68.2 cm³/mol. The first-order valence-corrected chi connectivity index (χ1v) is 8.37. The summed E-state index contributed by atoms with van der Waals surface area (Å²) in [5, 5.41) is 0. The van der Waals surface area contributed by atoms with Gasteiger partial charge in [-0.05, 0) is 0 Å². The van der Waals surface area contributed by atoms with E-state index in [0.717, 1.165) is 19.2 Å². The topological polar surface area (TPSA) is 98.2 Å². The first-order chi connectivity index (χ1) is 7.92. The van der Waals surface area contributed by atoms with Gasteiger partial charge in [0, 0.05) is 13.0 Å². The van der Waals surface area contributed by atoms with Crippen LogP contribution in [0, 0.1) is 0 Å². The van der Waals surface area contributed by atoms with Gasteiger partial charge in [0.2, 0.25) is 5.78 Å². The molecule has 0 aliphatic rings. The number of nitrogens with one attached hydrogen (secondary N) is 1. The first kappa shape index (κ1) is 20.5. The Bertz CT molecular complexity index is 517. The number of hydrogen-bond acceptors (Lipinski definition) is 5. The summed E-state index contributed by atoms with van der Waals surface area (Å²) >= 11 is -0.639. The van der Waals surface area contributed by atoms with Gasteiger partial charge < -0.3 is 23.0 Å². The fourth-order valence-corrected chi connectivity index (χ4v) is 0.631. The Hall–Kier alpha value is 0.166. The summed E-state index contributed by atoms with van der Waals surface area (Å²) in [4.78, 5) is 48.8. The van der Waals surface area contributed by atoms with Gasteiger partial charge in [-0.2, -0.15) is 0 Å². The number of H-pyrrole nitrogens is 1. The van der Waals surface area contributed by atoms with Crippen molar-refractivity contribution in [1.82, 2.24) is 9.71 Å². The molecule has 92 valence electrons. The Balaban J connectivity index is 0. The van der Waals surface area contributed by atoms with Crippen LogP contribution in [0.5, 0.6) is 0 Å². The monoisotopic (exact) mass is 316 g/mol. The Morgan fingerprint density at radius 1 is 1.39 bits per heavy atom. The van der Waals surface area contributed by atoms with Gasteiger partial charge in [0.15, 0.2) is 0 Å². The van der Waals surface area contributed by atoms with E-state index >= 15 is 0 Å². The van der Waals surface area contributed by atoms with Crippen LogP contribution in [0.15, 0.2) is 21.9 Å². The van der Waals surface area contributed by atoms with Gasteiger partial charge in [-0.15, -0.1) is 4.73 Å². The Morgan fingerprint density at radius 2 is 1.89 bits per heavy atom. The second-order valence-corrected chi connectivity index (χ2v) is 5.10. The molecule has 0 amide bonds. The number of Topliss-reactive ketones (excluding diaryl/α,β-unsaturated/α-hetero) is 1. The average Bonchev–Trinajstić information content (AvgIpc) is 2.23. The molecule has 7 nitrogen and oxygen atoms in total. The van der Waals surface area contributed by atoms with Crippen LogP contribution in [-0.2, 0) is 9.59 Å². The van der Waals surface area contributed by atoms with Crippen LogP contribution in [0.1, 0.15) is 6.92 Å². The molecule has 0 fully saturated rings. The molecule has 0 aromatic carbocycles. The molecule has 1 aromatic heterocycles. The van der Waals surface area contributed by atoms with Crippen molar-refractivity contribution in [3.8, 4) is 0 Å². The second kappa shape index (κ2) is 11.0. The minimum absolute atomic E-state index is 0. The van der Waals surface area contributed by atoms with E-state index in [2.05, 4.69) is 4.84 Å². The van der Waals surface area contributed by atoms with E-state index in [9.17, 15) is 19.2 Å². The standard InChI is InChI=1S/C7H6N2O5.2ClH.Mg.Na.H/c1-4(10)6(12)14-9-3-2-5(11)8-7(9)13;;;;;/h2-3H,1H3,(H,8,11,13);2*1H;;;/q;;;+2;;/p-2. The van der Waals surface area contributed by atoms with E-state index < -0.39 is 41.2 Å². The van der Waals surface area contributed by atoms with Crippen molar-refractivity contribution in [2.45, 2.75) is 6.92 Å². The van der Waals surface area contributed by atoms with Crippen molar-refractivity contribution < 1.29 is 14.4 Å². The van der Waals surface area contributed by atoms with Crippen LogP contribution < -0.4 is 16.1 Å². The van der Waals surface area contributed by atoms with Crippen LogP contribution in [0.25, 0.3) is 0 Å². The molecule has 11 heteroatoms. The predicted octanol–water partition coefficient (Wildman–Crippen LogP) is -1.57. The summed E-state index contributed by atoms with van der Waals surface area (Å²) in [6.07, 6.45) is 0.946. The number of aromatic nitrogens is 2. The number of carbonyl (C=O) groups is 2. The summed E-state index contributed by atoms with van der Waals surface area (Å²) in [7, 11) is 9.81. The summed E-state index contributed by atoms with van der Waals surface area (Å²) in [5.41, 5.74) is -1.54. The fourth-order valence-electron chi connectivity index (χ4n) is 0.631. The van der Waals surface area contributed by atoms with E-state index in [1.807, 2.05) is 4.98 Å². The van der Waals surface area contributed by atoms with Gasteiger partial charge in [-0.25, -0.2) is 9.59 Å². The van der Waals surface area contributed by atoms with Gasteiger partial charge in [0.1, 0.15) is 0 Å². The van der Waals surface area contributed by atoms with Crippen molar-refractivity contribution in [2.75, 3.05) is 0 Å². The molecular weight excluding hydrogens is 310 g/mol. The molecule has 0 spiro atoms. The SMILES string of the molecule is CC(=O)C(=O)On1ccc(=O)[nH]c1=O.[Cl][Mg][Cl].[NaH]. The third-order valence-electron chi connectivity index (χ3n) is 1.26. The number of hydrogen-bond donors (Lipinski definition) is 1. The molecule has 0 saturated heterocycles. The molecule has 1 aromatic rings. The number of nitrogens with zero attached hydrogens (tertiary/aromatic N) is 1. The first-order valence-electron chi connectivity index (χ1n) is 4.09. The fraction of sp³-hybridized carbons (Fsp3) is 0.143. The molecule has 0 unspecified atom stereocenters. The number of halogens is 2. The van der Waals surface area contributed by atoms with Gasteiger partial charge in [0.25, 0.3) is 5.56 Å². The Labute approximate surface area is 140 Å². The van der Waals surface area contributed by atoms with Crippen LogP contribution >= 0.6 is 18.1 Å². The maximum atomic E-state index is 10.9. The molecular formula is C7H7Cl2MgN2NaO5. The quantitative estimate of drug-likeness (QED) is 0.525. The molecule has 0 saturated carbocycles. The average molecular weight is 317 g/mol. The molecule has 1 rings (SSSR count). The van der Waals surface area contributed by atoms with Crippen LogP contribution in [0.3, 0.4) is 0 Å². The van der Waals surface area contributed by atoms with E-state index in [-0.39, 0.29) is 29.6 Å². The van der Waals surface area contributed by atoms with Crippen LogP contribution in [-0.4, -0.2) is 69.2 Å². The van der Waals surface area contributed by atoms with Crippen molar-refractivity contribution in [3.63, 3.8) is 0 Å². The third kappa shape index (κ3) is 8.30. The molecule has 0 aliphatic heterocycles. The van der Waals surface area contributed by atoms with Gasteiger partial charge >= 0.3 is 59.4 Å². The van der Waals surface area contributed by atoms with Crippen LogP contribution in [0.2, 0.25) is 0 Å². The summed E-state index contributed by atoms with van der Waals surface area (Å²) in [6.45, 7) is 0.999. The van der Waals surface area contributed by atoms with E-state index in [4.69, 9.17) is 18.1 Å². The number of carbonyl (C=O) groups excluding carboxylic acids is 2. The summed E-state index contributed by atoms with van der Waals surface area (Å²) in [5.74, 6) is -2.03. The van der Waals surface area contributed by atoms with Gasteiger partial charge in [-0.1, -0.05) is 0 Å². The second-order valence-electron chi connectivity index (χ2n) is 2.47. The zero-order valence-corrected chi connectivity index (χ0v) is 11.5. The van der Waals surface area contributed by atoms with Crippen LogP contribution in [0.4, 0.5) is 0 Å². The third-order valence-corrected chi connectivity index (χ3v) is 1.26. The summed E-state index contributed by atoms with van der Waals surface area (Å²) in [6, 6.07) is 0.981. The molecule has 0 bridgehead atoms. The zero-order valence-electron chi connectivity index (χ0n) is 8.61. The molecule has 0 radical (unpaired) electrons. The molecule has 0 atom stereocenters. The van der Waals surface area contributed by atoms with Crippen molar-refractivity contribution >= 4 is 77.6 Å². The normalized spacial score (nSPS) is 7.94. The van der Waals surface area contributed by atoms with Gasteiger partial charge in [0.05, 0.1) is 6.20 Å². The minimum atomic E-state index is -1.18. The summed E-state index contributed by atoms with van der Waals surface area (Å²) < 4.78 is 0.463. The number of aromatic amines is 1. The molecule has 18 heavy (non-hydrogen) atoms. The Kier molecular flexibility index (Phi) is 12.6. The number of rotatable bonds is 2. The number of ketones is 1. The van der Waals surface area contributed by atoms with E-state index in [0.29, 0.717) is 4.73 Å². The molecule has 1 N–H and O–H groups in total. The van der Waals surface area contributed by atoms with Crippen molar-refractivity contribution in [2.24, 2.45) is 0 Å². The molecule has 1 heterocycles. The van der Waals surface area contributed by atoms with Crippen molar-refractivity contribution in [3.05, 3.63) is 33.1 Å². The van der Waals surface area contributed by atoms with E-state index in [1.54, 1.807) is 0 Å². The molecule has 0 aliphatic carbocycles.